The highest BCUT2D eigenvalue weighted by Gasteiger charge is 2.15. The van der Waals surface area contributed by atoms with Crippen LogP contribution in [0.5, 0.6) is 0 Å². The fourth-order valence-corrected chi connectivity index (χ4v) is 1.87. The molecule has 0 saturated heterocycles. The number of rotatable bonds is 5. The largest absolute Gasteiger partial charge is 0.329 e. The Balaban J connectivity index is 2.84. The molecule has 0 aliphatic carbocycles. The van der Waals surface area contributed by atoms with Crippen molar-refractivity contribution in [2.75, 3.05) is 18.0 Å². The Morgan fingerprint density at radius 3 is 2.41 bits per heavy atom. The maximum absolute atomic E-state index is 12.1. The van der Waals surface area contributed by atoms with Crippen molar-refractivity contribution in [3.05, 3.63) is 28.7 Å². The van der Waals surface area contributed by atoms with Crippen molar-refractivity contribution in [1.82, 2.24) is 0 Å². The van der Waals surface area contributed by atoms with Crippen LogP contribution in [0, 0.1) is 5.92 Å². The number of nitrogens with two attached hydrogens (primary N) is 1. The molecule has 0 saturated carbocycles. The molecule has 0 spiro atoms. The number of hydrogen-bond donors (Lipinski definition) is 1. The van der Waals surface area contributed by atoms with E-state index in [0.29, 0.717) is 25.4 Å². The number of halogens is 1. The molecule has 3 nitrogen and oxygen atoms in total. The first kappa shape index (κ1) is 14.2. The summed E-state index contributed by atoms with van der Waals surface area (Å²) in [6.45, 7) is 5.12. The van der Waals surface area contributed by atoms with Crippen molar-refractivity contribution >= 4 is 27.5 Å². The molecule has 0 aliphatic rings. The number of hydrogen-bond acceptors (Lipinski definition) is 2. The van der Waals surface area contributed by atoms with E-state index in [0.717, 1.165) is 10.2 Å². The van der Waals surface area contributed by atoms with Crippen LogP contribution in [-0.2, 0) is 4.79 Å². The molecule has 1 aromatic carbocycles. The highest BCUT2D eigenvalue weighted by atomic mass is 79.9. The Bertz CT molecular complexity index is 362. The fourth-order valence-electron chi connectivity index (χ4n) is 1.61. The molecule has 0 aliphatic heterocycles. The summed E-state index contributed by atoms with van der Waals surface area (Å²) in [5.41, 5.74) is 6.47. The third-order valence-electron chi connectivity index (χ3n) is 2.37. The summed E-state index contributed by atoms with van der Waals surface area (Å²) in [5, 5.41) is 0. The van der Waals surface area contributed by atoms with E-state index < -0.39 is 0 Å². The van der Waals surface area contributed by atoms with Crippen molar-refractivity contribution < 1.29 is 4.79 Å². The second kappa shape index (κ2) is 6.77. The molecule has 0 unspecified atom stereocenters. The third kappa shape index (κ3) is 4.48. The SMILES string of the molecule is CC(C)CC(=O)N(CCN)c1ccc(Br)cc1. The number of benzene rings is 1. The molecular weight excluding hydrogens is 280 g/mol. The van der Waals surface area contributed by atoms with E-state index in [1.165, 1.54) is 0 Å². The van der Waals surface area contributed by atoms with Gasteiger partial charge in [-0.3, -0.25) is 4.79 Å². The maximum atomic E-state index is 12.1. The molecule has 4 heteroatoms. The molecule has 0 atom stereocenters. The van der Waals surface area contributed by atoms with Gasteiger partial charge in [0, 0.05) is 29.7 Å². The van der Waals surface area contributed by atoms with Crippen molar-refractivity contribution in [2.24, 2.45) is 11.7 Å². The van der Waals surface area contributed by atoms with Crippen LogP contribution in [0.15, 0.2) is 28.7 Å². The lowest BCUT2D eigenvalue weighted by Crippen LogP contribution is -2.35. The summed E-state index contributed by atoms with van der Waals surface area (Å²) < 4.78 is 1.00. The number of nitrogens with zero attached hydrogens (tertiary/aromatic N) is 1. The van der Waals surface area contributed by atoms with Gasteiger partial charge < -0.3 is 10.6 Å². The average Bonchev–Trinajstić information content (AvgIpc) is 2.26. The van der Waals surface area contributed by atoms with Crippen LogP contribution in [0.25, 0.3) is 0 Å². The van der Waals surface area contributed by atoms with Crippen molar-refractivity contribution in [3.8, 4) is 0 Å². The molecule has 0 fully saturated rings. The Morgan fingerprint density at radius 1 is 1.35 bits per heavy atom. The minimum Gasteiger partial charge on any atom is -0.329 e. The van der Waals surface area contributed by atoms with Gasteiger partial charge in [-0.2, -0.15) is 0 Å². The Labute approximate surface area is 111 Å². The molecule has 1 rings (SSSR count). The standard InChI is InChI=1S/C13H19BrN2O/c1-10(2)9-13(17)16(8-7-15)12-5-3-11(14)4-6-12/h3-6,10H,7-9,15H2,1-2H3. The molecule has 0 aromatic heterocycles. The number of carbonyl (C=O) groups excluding carboxylic acids is 1. The first-order chi connectivity index (χ1) is 8.04. The Kier molecular flexibility index (Phi) is 5.65. The smallest absolute Gasteiger partial charge is 0.227 e. The summed E-state index contributed by atoms with van der Waals surface area (Å²) in [7, 11) is 0. The van der Waals surface area contributed by atoms with Gasteiger partial charge in [0.25, 0.3) is 0 Å². The number of anilines is 1. The van der Waals surface area contributed by atoms with Gasteiger partial charge in [-0.25, -0.2) is 0 Å². The summed E-state index contributed by atoms with van der Waals surface area (Å²) in [4.78, 5) is 13.8. The summed E-state index contributed by atoms with van der Waals surface area (Å²) in [6.07, 6.45) is 0.552. The lowest BCUT2D eigenvalue weighted by atomic mass is 10.1. The average molecular weight is 299 g/mol. The Hall–Kier alpha value is -0.870. The van der Waals surface area contributed by atoms with E-state index in [9.17, 15) is 4.79 Å². The quantitative estimate of drug-likeness (QED) is 0.908. The monoisotopic (exact) mass is 298 g/mol. The van der Waals surface area contributed by atoms with Crippen LogP contribution in [0.1, 0.15) is 20.3 Å². The molecule has 94 valence electrons. The lowest BCUT2D eigenvalue weighted by Gasteiger charge is -2.23. The zero-order chi connectivity index (χ0) is 12.8. The molecule has 0 heterocycles. The number of carbonyl (C=O) groups is 1. The van der Waals surface area contributed by atoms with Gasteiger partial charge >= 0.3 is 0 Å². The van der Waals surface area contributed by atoms with Gasteiger partial charge in [-0.15, -0.1) is 0 Å². The van der Waals surface area contributed by atoms with Gasteiger partial charge in [0.2, 0.25) is 5.91 Å². The summed E-state index contributed by atoms with van der Waals surface area (Å²) in [6, 6.07) is 7.72. The predicted molar refractivity (Wildman–Crippen MR) is 75.0 cm³/mol. The van der Waals surface area contributed by atoms with Crippen molar-refractivity contribution in [2.45, 2.75) is 20.3 Å². The normalized spacial score (nSPS) is 10.6. The van der Waals surface area contributed by atoms with Gasteiger partial charge in [-0.1, -0.05) is 29.8 Å². The Morgan fingerprint density at radius 2 is 1.94 bits per heavy atom. The van der Waals surface area contributed by atoms with Crippen LogP contribution in [-0.4, -0.2) is 19.0 Å². The van der Waals surface area contributed by atoms with Crippen LogP contribution in [0.4, 0.5) is 5.69 Å². The molecule has 0 bridgehead atoms. The van der Waals surface area contributed by atoms with Gasteiger partial charge in [0.05, 0.1) is 0 Å². The second-order valence-electron chi connectivity index (χ2n) is 4.41. The molecule has 2 N–H and O–H groups in total. The topological polar surface area (TPSA) is 46.3 Å². The zero-order valence-electron chi connectivity index (χ0n) is 10.3. The summed E-state index contributed by atoms with van der Waals surface area (Å²) >= 11 is 3.38. The molecule has 1 amide bonds. The van der Waals surface area contributed by atoms with Gasteiger partial charge in [-0.05, 0) is 30.2 Å². The van der Waals surface area contributed by atoms with E-state index in [1.54, 1.807) is 4.90 Å². The predicted octanol–water partition coefficient (Wildman–Crippen LogP) is 2.79. The van der Waals surface area contributed by atoms with E-state index >= 15 is 0 Å². The van der Waals surface area contributed by atoms with Crippen LogP contribution >= 0.6 is 15.9 Å². The van der Waals surface area contributed by atoms with E-state index in [1.807, 2.05) is 38.1 Å². The first-order valence-corrected chi connectivity index (χ1v) is 6.60. The maximum Gasteiger partial charge on any atom is 0.227 e. The molecule has 17 heavy (non-hydrogen) atoms. The fraction of sp³-hybridized carbons (Fsp3) is 0.462. The highest BCUT2D eigenvalue weighted by Crippen LogP contribution is 2.19. The highest BCUT2D eigenvalue weighted by molar-refractivity contribution is 9.10. The molecular formula is C13H19BrN2O. The molecule has 1 aromatic rings. The third-order valence-corrected chi connectivity index (χ3v) is 2.90. The van der Waals surface area contributed by atoms with Gasteiger partial charge in [0.1, 0.15) is 0 Å². The van der Waals surface area contributed by atoms with Crippen molar-refractivity contribution in [3.63, 3.8) is 0 Å². The van der Waals surface area contributed by atoms with Crippen LogP contribution in [0.2, 0.25) is 0 Å². The first-order valence-electron chi connectivity index (χ1n) is 5.80. The van der Waals surface area contributed by atoms with Crippen LogP contribution in [0.3, 0.4) is 0 Å². The number of amides is 1. The van der Waals surface area contributed by atoms with Crippen LogP contribution < -0.4 is 10.6 Å². The van der Waals surface area contributed by atoms with Gasteiger partial charge in [0.15, 0.2) is 0 Å². The van der Waals surface area contributed by atoms with E-state index in [-0.39, 0.29) is 5.91 Å². The van der Waals surface area contributed by atoms with Crippen molar-refractivity contribution in [1.29, 1.82) is 0 Å². The van der Waals surface area contributed by atoms with E-state index in [2.05, 4.69) is 15.9 Å². The zero-order valence-corrected chi connectivity index (χ0v) is 11.9. The lowest BCUT2D eigenvalue weighted by molar-refractivity contribution is -0.119. The minimum absolute atomic E-state index is 0.132. The minimum atomic E-state index is 0.132. The van der Waals surface area contributed by atoms with E-state index in [4.69, 9.17) is 5.73 Å². The molecule has 0 radical (unpaired) electrons. The second-order valence-corrected chi connectivity index (χ2v) is 5.32. The summed E-state index contributed by atoms with van der Waals surface area (Å²) in [5.74, 6) is 0.492.